The summed E-state index contributed by atoms with van der Waals surface area (Å²) in [6.45, 7) is 5.93. The Morgan fingerprint density at radius 1 is 1.43 bits per heavy atom. The van der Waals surface area contributed by atoms with Crippen LogP contribution in [0.5, 0.6) is 0 Å². The quantitative estimate of drug-likeness (QED) is 0.767. The van der Waals surface area contributed by atoms with E-state index >= 15 is 0 Å². The number of nitrogens with zero attached hydrogens (tertiary/aromatic N) is 6. The largest absolute Gasteiger partial charge is 0.374 e. The van der Waals surface area contributed by atoms with Crippen LogP contribution in [0.2, 0.25) is 0 Å². The van der Waals surface area contributed by atoms with Crippen molar-refractivity contribution in [2.75, 3.05) is 19.7 Å². The molecule has 0 radical (unpaired) electrons. The van der Waals surface area contributed by atoms with E-state index in [2.05, 4.69) is 32.0 Å². The molecule has 0 spiro atoms. The minimum absolute atomic E-state index is 0.113. The third-order valence-electron chi connectivity index (χ3n) is 3.42. The van der Waals surface area contributed by atoms with Gasteiger partial charge in [0.15, 0.2) is 5.82 Å². The second-order valence-corrected chi connectivity index (χ2v) is 5.20. The van der Waals surface area contributed by atoms with Crippen molar-refractivity contribution >= 4 is 0 Å². The summed E-state index contributed by atoms with van der Waals surface area (Å²) >= 11 is 0. The summed E-state index contributed by atoms with van der Waals surface area (Å²) in [6.07, 6.45) is 5.21. The van der Waals surface area contributed by atoms with Crippen LogP contribution in [0.15, 0.2) is 17.2 Å². The lowest BCUT2D eigenvalue weighted by atomic mass is 10.2. The van der Waals surface area contributed by atoms with E-state index in [0.717, 1.165) is 37.6 Å². The van der Waals surface area contributed by atoms with Crippen molar-refractivity contribution in [3.63, 3.8) is 0 Å². The SMILES string of the molecule is CCCc1nc(CN2CCO[C@H](Cn3cncn3)C2)no1. The molecule has 0 amide bonds. The number of hydrogen-bond acceptors (Lipinski definition) is 7. The molecule has 0 saturated carbocycles. The Labute approximate surface area is 123 Å². The molecule has 1 saturated heterocycles. The molecule has 0 N–H and O–H groups in total. The maximum Gasteiger partial charge on any atom is 0.226 e. The van der Waals surface area contributed by atoms with E-state index in [-0.39, 0.29) is 6.10 Å². The van der Waals surface area contributed by atoms with Crippen molar-refractivity contribution in [2.45, 2.75) is 39.0 Å². The Hall–Kier alpha value is -1.80. The minimum Gasteiger partial charge on any atom is -0.374 e. The van der Waals surface area contributed by atoms with Crippen molar-refractivity contribution in [3.8, 4) is 0 Å². The number of ether oxygens (including phenoxy) is 1. The predicted molar refractivity (Wildman–Crippen MR) is 73.3 cm³/mol. The minimum atomic E-state index is 0.113. The lowest BCUT2D eigenvalue weighted by Gasteiger charge is -2.31. The average Bonchev–Trinajstić information content (AvgIpc) is 3.12. The Kier molecular flexibility index (Phi) is 4.56. The summed E-state index contributed by atoms with van der Waals surface area (Å²) in [7, 11) is 0. The molecular formula is C13H20N6O2. The molecule has 21 heavy (non-hydrogen) atoms. The summed E-state index contributed by atoms with van der Waals surface area (Å²) in [6, 6.07) is 0. The molecule has 114 valence electrons. The van der Waals surface area contributed by atoms with Crippen LogP contribution >= 0.6 is 0 Å². The zero-order valence-electron chi connectivity index (χ0n) is 12.2. The molecule has 2 aromatic heterocycles. The Morgan fingerprint density at radius 3 is 3.19 bits per heavy atom. The van der Waals surface area contributed by atoms with Crippen molar-refractivity contribution in [3.05, 3.63) is 24.4 Å². The highest BCUT2D eigenvalue weighted by Crippen LogP contribution is 2.10. The molecule has 3 heterocycles. The van der Waals surface area contributed by atoms with Crippen molar-refractivity contribution in [2.24, 2.45) is 0 Å². The van der Waals surface area contributed by atoms with E-state index in [4.69, 9.17) is 9.26 Å². The van der Waals surface area contributed by atoms with Gasteiger partial charge in [-0.3, -0.25) is 9.58 Å². The van der Waals surface area contributed by atoms with Gasteiger partial charge in [0.1, 0.15) is 12.7 Å². The van der Waals surface area contributed by atoms with E-state index < -0.39 is 0 Å². The van der Waals surface area contributed by atoms with Crippen molar-refractivity contribution < 1.29 is 9.26 Å². The molecule has 0 unspecified atom stereocenters. The first-order valence-electron chi connectivity index (χ1n) is 7.31. The van der Waals surface area contributed by atoms with Crippen molar-refractivity contribution in [1.29, 1.82) is 0 Å². The zero-order valence-corrected chi connectivity index (χ0v) is 12.2. The van der Waals surface area contributed by atoms with Crippen LogP contribution in [0.3, 0.4) is 0 Å². The normalized spacial score (nSPS) is 20.0. The molecule has 3 rings (SSSR count). The molecule has 0 aliphatic carbocycles. The maximum atomic E-state index is 5.77. The van der Waals surface area contributed by atoms with Gasteiger partial charge in [0.2, 0.25) is 5.89 Å². The fourth-order valence-corrected chi connectivity index (χ4v) is 2.44. The fourth-order valence-electron chi connectivity index (χ4n) is 2.44. The van der Waals surface area contributed by atoms with Gasteiger partial charge in [-0.1, -0.05) is 12.1 Å². The van der Waals surface area contributed by atoms with E-state index in [1.54, 1.807) is 11.0 Å². The van der Waals surface area contributed by atoms with Gasteiger partial charge >= 0.3 is 0 Å². The average molecular weight is 292 g/mol. The van der Waals surface area contributed by atoms with Crippen LogP contribution in [-0.2, 0) is 24.2 Å². The first kappa shape index (κ1) is 14.2. The number of morpholine rings is 1. The van der Waals surface area contributed by atoms with E-state index in [0.29, 0.717) is 19.7 Å². The number of hydrogen-bond donors (Lipinski definition) is 0. The molecule has 1 fully saturated rings. The Balaban J connectivity index is 1.53. The van der Waals surface area contributed by atoms with Crippen LogP contribution in [-0.4, -0.2) is 55.6 Å². The van der Waals surface area contributed by atoms with Gasteiger partial charge in [-0.25, -0.2) is 4.98 Å². The van der Waals surface area contributed by atoms with Crippen molar-refractivity contribution in [1.82, 2.24) is 29.8 Å². The van der Waals surface area contributed by atoms with Gasteiger partial charge < -0.3 is 9.26 Å². The predicted octanol–water partition coefficient (Wildman–Crippen LogP) is 0.515. The monoisotopic (exact) mass is 292 g/mol. The topological polar surface area (TPSA) is 82.1 Å². The highest BCUT2D eigenvalue weighted by Gasteiger charge is 2.22. The van der Waals surface area contributed by atoms with Gasteiger partial charge in [-0.15, -0.1) is 0 Å². The van der Waals surface area contributed by atoms with Crippen LogP contribution in [0.1, 0.15) is 25.1 Å². The third kappa shape index (κ3) is 3.85. The van der Waals surface area contributed by atoms with Crippen LogP contribution < -0.4 is 0 Å². The number of aryl methyl sites for hydroxylation is 1. The van der Waals surface area contributed by atoms with Crippen LogP contribution in [0.4, 0.5) is 0 Å². The van der Waals surface area contributed by atoms with Gasteiger partial charge in [0.05, 0.1) is 25.8 Å². The Morgan fingerprint density at radius 2 is 2.38 bits per heavy atom. The smallest absolute Gasteiger partial charge is 0.226 e. The number of rotatable bonds is 6. The van der Waals surface area contributed by atoms with Crippen LogP contribution in [0.25, 0.3) is 0 Å². The molecule has 0 bridgehead atoms. The summed E-state index contributed by atoms with van der Waals surface area (Å²) < 4.78 is 12.8. The first-order valence-corrected chi connectivity index (χ1v) is 7.31. The highest BCUT2D eigenvalue weighted by atomic mass is 16.5. The molecule has 1 aliphatic rings. The second kappa shape index (κ2) is 6.77. The molecule has 2 aromatic rings. The molecule has 8 nitrogen and oxygen atoms in total. The zero-order chi connectivity index (χ0) is 14.5. The Bertz CT molecular complexity index is 541. The molecule has 1 aliphatic heterocycles. The van der Waals surface area contributed by atoms with Gasteiger partial charge in [-0.05, 0) is 6.42 Å². The molecule has 0 aromatic carbocycles. The summed E-state index contributed by atoms with van der Waals surface area (Å²) in [5.41, 5.74) is 0. The molecule has 8 heteroatoms. The fraction of sp³-hybridized carbons (Fsp3) is 0.692. The van der Waals surface area contributed by atoms with E-state index in [9.17, 15) is 0 Å². The lowest BCUT2D eigenvalue weighted by Crippen LogP contribution is -2.43. The van der Waals surface area contributed by atoms with E-state index in [1.807, 2.05) is 0 Å². The third-order valence-corrected chi connectivity index (χ3v) is 3.42. The summed E-state index contributed by atoms with van der Waals surface area (Å²) in [5, 5.41) is 8.14. The standard InChI is InChI=1S/C13H20N6O2/c1-2-3-13-16-12(17-21-13)8-18-4-5-20-11(6-18)7-19-10-14-9-15-19/h9-11H,2-8H2,1H3/t11-/m0/s1. The van der Waals surface area contributed by atoms with Crippen LogP contribution in [0, 0.1) is 0 Å². The lowest BCUT2D eigenvalue weighted by molar-refractivity contribution is -0.0411. The molecule has 1 atom stereocenters. The molecular weight excluding hydrogens is 272 g/mol. The summed E-state index contributed by atoms with van der Waals surface area (Å²) in [4.78, 5) is 10.6. The second-order valence-electron chi connectivity index (χ2n) is 5.20. The first-order chi connectivity index (χ1) is 10.3. The van der Waals surface area contributed by atoms with Gasteiger partial charge in [0.25, 0.3) is 0 Å². The number of aromatic nitrogens is 5. The van der Waals surface area contributed by atoms with E-state index in [1.165, 1.54) is 6.33 Å². The maximum absolute atomic E-state index is 5.77. The van der Waals surface area contributed by atoms with Gasteiger partial charge in [-0.2, -0.15) is 10.1 Å². The highest BCUT2D eigenvalue weighted by molar-refractivity contribution is 4.87. The van der Waals surface area contributed by atoms with Gasteiger partial charge in [0, 0.05) is 19.5 Å². The summed E-state index contributed by atoms with van der Waals surface area (Å²) in [5.74, 6) is 1.47.